The lowest BCUT2D eigenvalue weighted by molar-refractivity contribution is 0.0594. The highest BCUT2D eigenvalue weighted by Crippen LogP contribution is 2.22. The number of methoxy groups -OCH3 is 1. The quantitative estimate of drug-likeness (QED) is 0.844. The van der Waals surface area contributed by atoms with Crippen molar-refractivity contribution >= 4 is 34.4 Å². The lowest BCUT2D eigenvalue weighted by Crippen LogP contribution is -2.08. The number of hydrogen-bond acceptors (Lipinski definition) is 4. The minimum absolute atomic E-state index is 0.0390. The molecule has 1 aromatic heterocycles. The number of carbonyl (C=O) groups is 2. The molecule has 6 heteroatoms. The van der Waals surface area contributed by atoms with E-state index in [2.05, 4.69) is 9.72 Å². The summed E-state index contributed by atoms with van der Waals surface area (Å²) < 4.78 is 4.52. The molecule has 92 valence electrons. The predicted molar refractivity (Wildman–Crippen MR) is 65.1 cm³/mol. The first-order valence-electron chi connectivity index (χ1n) is 4.95. The molecule has 0 spiro atoms. The first kappa shape index (κ1) is 12.3. The number of nitrogens with zero attached hydrogens (tertiary/aromatic N) is 1. The molecule has 0 atom stereocenters. The van der Waals surface area contributed by atoms with Gasteiger partial charge in [-0.3, -0.25) is 0 Å². The standard InChI is InChI=1S/C12H8ClNO4/c1-18-12(17)10-5-8(11(15)16)7-4-6(13)2-3-9(7)14-10/h2-5H,1H3,(H,15,16). The zero-order valence-corrected chi connectivity index (χ0v) is 10.1. The summed E-state index contributed by atoms with van der Waals surface area (Å²) in [5, 5.41) is 9.91. The largest absolute Gasteiger partial charge is 0.478 e. The molecule has 0 aliphatic carbocycles. The topological polar surface area (TPSA) is 76.5 Å². The van der Waals surface area contributed by atoms with Crippen molar-refractivity contribution in [2.75, 3.05) is 7.11 Å². The van der Waals surface area contributed by atoms with E-state index in [4.69, 9.17) is 16.7 Å². The van der Waals surface area contributed by atoms with Gasteiger partial charge in [0.2, 0.25) is 0 Å². The summed E-state index contributed by atoms with van der Waals surface area (Å²) in [7, 11) is 1.20. The van der Waals surface area contributed by atoms with E-state index < -0.39 is 11.9 Å². The summed E-state index contributed by atoms with van der Waals surface area (Å²) in [6.45, 7) is 0. The molecule has 18 heavy (non-hydrogen) atoms. The number of esters is 1. The number of fused-ring (bicyclic) bond motifs is 1. The van der Waals surface area contributed by atoms with Crippen LogP contribution in [0.3, 0.4) is 0 Å². The van der Waals surface area contributed by atoms with Crippen LogP contribution >= 0.6 is 11.6 Å². The van der Waals surface area contributed by atoms with E-state index in [-0.39, 0.29) is 11.3 Å². The number of aromatic carboxylic acids is 1. The Morgan fingerprint density at radius 1 is 1.33 bits per heavy atom. The van der Waals surface area contributed by atoms with Crippen LogP contribution in [0.2, 0.25) is 5.02 Å². The fourth-order valence-corrected chi connectivity index (χ4v) is 1.76. The van der Waals surface area contributed by atoms with Crippen LogP contribution in [0.4, 0.5) is 0 Å². The van der Waals surface area contributed by atoms with Crippen LogP contribution in [0.5, 0.6) is 0 Å². The molecule has 0 amide bonds. The molecule has 0 aliphatic heterocycles. The van der Waals surface area contributed by atoms with Crippen LogP contribution in [0.25, 0.3) is 10.9 Å². The number of aromatic nitrogens is 1. The van der Waals surface area contributed by atoms with Gasteiger partial charge in [0, 0.05) is 10.4 Å². The number of carbonyl (C=O) groups excluding carboxylic acids is 1. The third kappa shape index (κ3) is 2.12. The number of pyridine rings is 1. The van der Waals surface area contributed by atoms with E-state index in [1.165, 1.54) is 19.2 Å². The van der Waals surface area contributed by atoms with Crippen molar-refractivity contribution in [3.05, 3.63) is 40.5 Å². The van der Waals surface area contributed by atoms with E-state index >= 15 is 0 Å². The third-order valence-corrected chi connectivity index (χ3v) is 2.63. The molecule has 2 rings (SSSR count). The highest BCUT2D eigenvalue weighted by atomic mass is 35.5. The van der Waals surface area contributed by atoms with E-state index in [0.29, 0.717) is 15.9 Å². The van der Waals surface area contributed by atoms with Crippen molar-refractivity contribution in [1.29, 1.82) is 0 Å². The number of benzene rings is 1. The van der Waals surface area contributed by atoms with Gasteiger partial charge in [-0.2, -0.15) is 0 Å². The van der Waals surface area contributed by atoms with E-state index in [1.54, 1.807) is 12.1 Å². The van der Waals surface area contributed by atoms with Crippen LogP contribution < -0.4 is 0 Å². The van der Waals surface area contributed by atoms with E-state index in [0.717, 1.165) is 0 Å². The second-order valence-corrected chi connectivity index (χ2v) is 3.95. The summed E-state index contributed by atoms with van der Waals surface area (Å²) in [6, 6.07) is 5.79. The number of rotatable bonds is 2. The maximum Gasteiger partial charge on any atom is 0.356 e. The second kappa shape index (κ2) is 4.62. The Labute approximate surface area is 107 Å². The van der Waals surface area contributed by atoms with Gasteiger partial charge in [-0.15, -0.1) is 0 Å². The summed E-state index contributed by atoms with van der Waals surface area (Å²) in [6.07, 6.45) is 0. The fraction of sp³-hybridized carbons (Fsp3) is 0.0833. The number of carboxylic acid groups (broad SMARTS) is 1. The second-order valence-electron chi connectivity index (χ2n) is 3.51. The maximum atomic E-state index is 11.4. The monoisotopic (exact) mass is 265 g/mol. The van der Waals surface area contributed by atoms with Crippen LogP contribution in [0.15, 0.2) is 24.3 Å². The molecule has 1 aromatic carbocycles. The van der Waals surface area contributed by atoms with Gasteiger partial charge in [0.25, 0.3) is 0 Å². The zero-order chi connectivity index (χ0) is 13.3. The molecule has 0 radical (unpaired) electrons. The zero-order valence-electron chi connectivity index (χ0n) is 9.31. The number of carboxylic acids is 1. The van der Waals surface area contributed by atoms with Crippen molar-refractivity contribution in [2.24, 2.45) is 0 Å². The van der Waals surface area contributed by atoms with Crippen LogP contribution in [-0.2, 0) is 4.74 Å². The Kier molecular flexibility index (Phi) is 3.16. The van der Waals surface area contributed by atoms with Gasteiger partial charge in [0.1, 0.15) is 5.69 Å². The Morgan fingerprint density at radius 2 is 2.06 bits per heavy atom. The predicted octanol–water partition coefficient (Wildman–Crippen LogP) is 2.37. The Morgan fingerprint density at radius 3 is 2.67 bits per heavy atom. The van der Waals surface area contributed by atoms with Crippen molar-refractivity contribution < 1.29 is 19.4 Å². The third-order valence-electron chi connectivity index (χ3n) is 2.40. The molecule has 5 nitrogen and oxygen atoms in total. The normalized spacial score (nSPS) is 10.3. The average Bonchev–Trinajstić information content (AvgIpc) is 2.36. The van der Waals surface area contributed by atoms with Gasteiger partial charge < -0.3 is 9.84 Å². The Bertz CT molecular complexity index is 654. The average molecular weight is 266 g/mol. The summed E-state index contributed by atoms with van der Waals surface area (Å²) in [5.74, 6) is -1.84. The van der Waals surface area contributed by atoms with Crippen LogP contribution in [0, 0.1) is 0 Å². The van der Waals surface area contributed by atoms with Crippen molar-refractivity contribution in [2.45, 2.75) is 0 Å². The first-order valence-corrected chi connectivity index (χ1v) is 5.32. The van der Waals surface area contributed by atoms with Crippen molar-refractivity contribution in [1.82, 2.24) is 4.98 Å². The lowest BCUT2D eigenvalue weighted by Gasteiger charge is -2.05. The van der Waals surface area contributed by atoms with Gasteiger partial charge in [-0.1, -0.05) is 11.6 Å². The van der Waals surface area contributed by atoms with Gasteiger partial charge in [-0.05, 0) is 24.3 Å². The van der Waals surface area contributed by atoms with Gasteiger partial charge in [0.05, 0.1) is 18.2 Å². The summed E-state index contributed by atoms with van der Waals surface area (Å²) in [5.41, 5.74) is 0.285. The molecule has 1 N–H and O–H groups in total. The molecule has 0 saturated heterocycles. The van der Waals surface area contributed by atoms with Crippen molar-refractivity contribution in [3.8, 4) is 0 Å². The molecular weight excluding hydrogens is 258 g/mol. The molecule has 2 aromatic rings. The molecule has 0 aliphatic rings. The Hall–Kier alpha value is -2.14. The van der Waals surface area contributed by atoms with Crippen LogP contribution in [0.1, 0.15) is 20.8 Å². The minimum atomic E-state index is -1.16. The van der Waals surface area contributed by atoms with E-state index in [9.17, 15) is 9.59 Å². The van der Waals surface area contributed by atoms with Crippen molar-refractivity contribution in [3.63, 3.8) is 0 Å². The minimum Gasteiger partial charge on any atom is -0.478 e. The summed E-state index contributed by atoms with van der Waals surface area (Å²) in [4.78, 5) is 26.6. The number of halogens is 1. The molecule has 0 saturated carbocycles. The summed E-state index contributed by atoms with van der Waals surface area (Å²) >= 11 is 5.81. The molecule has 0 fully saturated rings. The number of ether oxygens (including phenoxy) is 1. The van der Waals surface area contributed by atoms with Gasteiger partial charge in [-0.25, -0.2) is 14.6 Å². The van der Waals surface area contributed by atoms with Gasteiger partial charge >= 0.3 is 11.9 Å². The first-order chi connectivity index (χ1) is 8.52. The highest BCUT2D eigenvalue weighted by molar-refractivity contribution is 6.31. The SMILES string of the molecule is COC(=O)c1cc(C(=O)O)c2cc(Cl)ccc2n1. The van der Waals surface area contributed by atoms with E-state index in [1.807, 2.05) is 0 Å². The van der Waals surface area contributed by atoms with Gasteiger partial charge in [0.15, 0.2) is 0 Å². The lowest BCUT2D eigenvalue weighted by atomic mass is 10.1. The molecule has 0 unspecified atom stereocenters. The maximum absolute atomic E-state index is 11.4. The molecule has 0 bridgehead atoms. The smallest absolute Gasteiger partial charge is 0.356 e. The van der Waals surface area contributed by atoms with Crippen LogP contribution in [-0.4, -0.2) is 29.1 Å². The number of hydrogen-bond donors (Lipinski definition) is 1. The Balaban J connectivity index is 2.78. The molecule has 1 heterocycles. The highest BCUT2D eigenvalue weighted by Gasteiger charge is 2.16. The fourth-order valence-electron chi connectivity index (χ4n) is 1.58. The molecular formula is C12H8ClNO4.